The van der Waals surface area contributed by atoms with Gasteiger partial charge in [0.25, 0.3) is 0 Å². The van der Waals surface area contributed by atoms with Crippen molar-refractivity contribution >= 4 is 5.97 Å². The zero-order chi connectivity index (χ0) is 12.2. The first-order valence-electron chi connectivity index (χ1n) is 5.51. The predicted molar refractivity (Wildman–Crippen MR) is 53.4 cm³/mol. The number of hydrogen-bond donors (Lipinski definition) is 2. The van der Waals surface area contributed by atoms with Gasteiger partial charge in [-0.05, 0) is 0 Å². The van der Waals surface area contributed by atoms with E-state index in [9.17, 15) is 15.0 Å². The summed E-state index contributed by atoms with van der Waals surface area (Å²) in [6.07, 6.45) is 1.43. The predicted octanol–water partition coefficient (Wildman–Crippen LogP) is -0.986. The number of rotatable bonds is 1. The first-order valence-corrected chi connectivity index (χ1v) is 5.51. The zero-order valence-electron chi connectivity index (χ0n) is 9.28. The second kappa shape index (κ2) is 3.52. The minimum absolute atomic E-state index is 0.121. The number of ether oxygens (including phenoxy) is 3. The summed E-state index contributed by atoms with van der Waals surface area (Å²) in [7, 11) is 1.26. The van der Waals surface area contributed by atoms with Crippen molar-refractivity contribution < 1.29 is 29.2 Å². The van der Waals surface area contributed by atoms with Gasteiger partial charge in [0.1, 0.15) is 11.5 Å². The third-order valence-corrected chi connectivity index (χ3v) is 3.84. The number of methoxy groups -OCH3 is 1. The summed E-state index contributed by atoms with van der Waals surface area (Å²) in [5, 5.41) is 20.1. The van der Waals surface area contributed by atoms with Crippen LogP contribution in [0.1, 0.15) is 0 Å². The Labute approximate surface area is 97.8 Å². The molecule has 0 aromatic rings. The van der Waals surface area contributed by atoms with Crippen molar-refractivity contribution in [2.45, 2.75) is 18.2 Å². The molecule has 2 aliphatic heterocycles. The lowest BCUT2D eigenvalue weighted by molar-refractivity contribution is -0.280. The molecule has 2 heterocycles. The van der Waals surface area contributed by atoms with Crippen molar-refractivity contribution in [3.63, 3.8) is 0 Å². The molecular weight excluding hydrogens is 228 g/mol. The minimum atomic E-state index is -1.27. The van der Waals surface area contributed by atoms with E-state index in [1.807, 2.05) is 0 Å². The Bertz CT molecular complexity index is 380. The van der Waals surface area contributed by atoms with Gasteiger partial charge in [-0.2, -0.15) is 0 Å². The summed E-state index contributed by atoms with van der Waals surface area (Å²) in [6.45, 7) is 0.121. The molecular formula is C11H14O6. The highest BCUT2D eigenvalue weighted by molar-refractivity contribution is 5.74. The lowest BCUT2D eigenvalue weighted by atomic mass is 9.77. The lowest BCUT2D eigenvalue weighted by Crippen LogP contribution is -2.51. The maximum atomic E-state index is 11.6. The molecule has 94 valence electrons. The molecule has 0 spiro atoms. The summed E-state index contributed by atoms with van der Waals surface area (Å²) < 4.78 is 15.2. The first kappa shape index (κ1) is 11.2. The van der Waals surface area contributed by atoms with Gasteiger partial charge >= 0.3 is 5.97 Å². The Morgan fingerprint density at radius 2 is 2.35 bits per heavy atom. The van der Waals surface area contributed by atoms with E-state index in [1.54, 1.807) is 12.2 Å². The fourth-order valence-corrected chi connectivity index (χ4v) is 3.01. The SMILES string of the molecule is COC(=O)C1C(O)OC2OCC3(O)C=CC1C23. The van der Waals surface area contributed by atoms with E-state index in [4.69, 9.17) is 9.47 Å². The van der Waals surface area contributed by atoms with Gasteiger partial charge in [0.2, 0.25) is 0 Å². The van der Waals surface area contributed by atoms with Gasteiger partial charge in [-0.3, -0.25) is 4.79 Å². The Hall–Kier alpha value is -0.950. The first-order chi connectivity index (χ1) is 8.07. The molecule has 0 bridgehead atoms. The number of carbonyl (C=O) groups excluding carboxylic acids is 1. The van der Waals surface area contributed by atoms with Gasteiger partial charge in [-0.25, -0.2) is 0 Å². The lowest BCUT2D eigenvalue weighted by Gasteiger charge is -2.39. The van der Waals surface area contributed by atoms with Crippen LogP contribution >= 0.6 is 0 Å². The monoisotopic (exact) mass is 242 g/mol. The summed E-state index contributed by atoms with van der Waals surface area (Å²) in [5.74, 6) is -2.02. The molecule has 3 aliphatic rings. The highest BCUT2D eigenvalue weighted by Crippen LogP contribution is 2.50. The van der Waals surface area contributed by atoms with Crippen LogP contribution < -0.4 is 0 Å². The summed E-state index contributed by atoms with van der Waals surface area (Å²) in [6, 6.07) is 0. The summed E-state index contributed by atoms with van der Waals surface area (Å²) in [5.41, 5.74) is -1.10. The normalized spacial score (nSPS) is 51.4. The van der Waals surface area contributed by atoms with E-state index in [-0.39, 0.29) is 18.4 Å². The summed E-state index contributed by atoms with van der Waals surface area (Å²) in [4.78, 5) is 11.6. The van der Waals surface area contributed by atoms with Gasteiger partial charge in [0.15, 0.2) is 12.6 Å². The maximum absolute atomic E-state index is 11.6. The maximum Gasteiger partial charge on any atom is 0.314 e. The zero-order valence-corrected chi connectivity index (χ0v) is 9.28. The second-order valence-electron chi connectivity index (χ2n) is 4.71. The molecule has 2 N–H and O–H groups in total. The number of allylic oxidation sites excluding steroid dienone is 1. The molecule has 0 radical (unpaired) electrons. The van der Waals surface area contributed by atoms with E-state index in [1.165, 1.54) is 7.11 Å². The number of carbonyl (C=O) groups is 1. The fourth-order valence-electron chi connectivity index (χ4n) is 3.01. The van der Waals surface area contributed by atoms with E-state index in [0.29, 0.717) is 0 Å². The van der Waals surface area contributed by atoms with Gasteiger partial charge < -0.3 is 24.4 Å². The molecule has 1 aliphatic carbocycles. The number of hydrogen-bond acceptors (Lipinski definition) is 6. The molecule has 17 heavy (non-hydrogen) atoms. The second-order valence-corrected chi connectivity index (χ2v) is 4.71. The third kappa shape index (κ3) is 1.38. The molecule has 6 nitrogen and oxygen atoms in total. The Kier molecular flexibility index (Phi) is 2.31. The van der Waals surface area contributed by atoms with Crippen molar-refractivity contribution in [3.8, 4) is 0 Å². The summed E-state index contributed by atoms with van der Waals surface area (Å²) >= 11 is 0. The highest BCUT2D eigenvalue weighted by Gasteiger charge is 2.61. The Morgan fingerprint density at radius 3 is 3.06 bits per heavy atom. The Balaban J connectivity index is 1.95. The molecule has 2 saturated heterocycles. The van der Waals surface area contributed by atoms with Crippen LogP contribution in [0.4, 0.5) is 0 Å². The molecule has 6 heteroatoms. The number of aliphatic hydroxyl groups excluding tert-OH is 1. The molecule has 0 amide bonds. The average Bonchev–Trinajstić information content (AvgIpc) is 2.80. The Morgan fingerprint density at radius 1 is 1.59 bits per heavy atom. The standard InChI is InChI=1S/C11H14O6/c1-15-8(12)6-5-2-3-11(14)4-16-10(7(5)11)17-9(6)13/h2-3,5-7,9-10,13-14H,4H2,1H3. The third-order valence-electron chi connectivity index (χ3n) is 3.84. The van der Waals surface area contributed by atoms with Crippen LogP contribution in [0.2, 0.25) is 0 Å². The van der Waals surface area contributed by atoms with Crippen LogP contribution in [0, 0.1) is 17.8 Å². The quantitative estimate of drug-likeness (QED) is 0.454. The number of esters is 1. The minimum Gasteiger partial charge on any atom is -0.469 e. The van der Waals surface area contributed by atoms with E-state index in [2.05, 4.69) is 4.74 Å². The van der Waals surface area contributed by atoms with Gasteiger partial charge in [-0.1, -0.05) is 12.2 Å². The van der Waals surface area contributed by atoms with E-state index < -0.39 is 30.1 Å². The van der Waals surface area contributed by atoms with Crippen LogP contribution in [0.25, 0.3) is 0 Å². The van der Waals surface area contributed by atoms with Crippen LogP contribution in [0.5, 0.6) is 0 Å². The molecule has 2 fully saturated rings. The van der Waals surface area contributed by atoms with Crippen molar-refractivity contribution in [1.82, 2.24) is 0 Å². The van der Waals surface area contributed by atoms with Crippen molar-refractivity contribution in [2.24, 2.45) is 17.8 Å². The molecule has 0 aromatic carbocycles. The largest absolute Gasteiger partial charge is 0.469 e. The van der Waals surface area contributed by atoms with Crippen molar-refractivity contribution in [3.05, 3.63) is 12.2 Å². The van der Waals surface area contributed by atoms with E-state index in [0.717, 1.165) is 0 Å². The molecule has 6 atom stereocenters. The molecule has 6 unspecified atom stereocenters. The van der Waals surface area contributed by atoms with Crippen LogP contribution in [-0.2, 0) is 19.0 Å². The fraction of sp³-hybridized carbons (Fsp3) is 0.727. The van der Waals surface area contributed by atoms with Crippen LogP contribution in [0.15, 0.2) is 12.2 Å². The smallest absolute Gasteiger partial charge is 0.314 e. The van der Waals surface area contributed by atoms with Crippen molar-refractivity contribution in [1.29, 1.82) is 0 Å². The molecule has 3 rings (SSSR count). The van der Waals surface area contributed by atoms with Gasteiger partial charge in [0, 0.05) is 5.92 Å². The molecule has 0 saturated carbocycles. The number of aliphatic hydroxyl groups is 2. The average molecular weight is 242 g/mol. The van der Waals surface area contributed by atoms with Gasteiger partial charge in [0.05, 0.1) is 19.6 Å². The van der Waals surface area contributed by atoms with Crippen molar-refractivity contribution in [2.75, 3.05) is 13.7 Å². The van der Waals surface area contributed by atoms with E-state index >= 15 is 0 Å². The van der Waals surface area contributed by atoms with Crippen LogP contribution in [-0.4, -0.2) is 48.1 Å². The topological polar surface area (TPSA) is 85.2 Å². The van der Waals surface area contributed by atoms with Gasteiger partial charge in [-0.15, -0.1) is 0 Å². The molecule has 0 aromatic heterocycles. The van der Waals surface area contributed by atoms with Crippen LogP contribution in [0.3, 0.4) is 0 Å². The highest BCUT2D eigenvalue weighted by atomic mass is 16.7.